The van der Waals surface area contributed by atoms with E-state index in [4.69, 9.17) is 38.4 Å². The normalized spacial score (nSPS) is 12.9. The molecule has 0 bridgehead atoms. The summed E-state index contributed by atoms with van der Waals surface area (Å²) < 4.78 is 40.8. The predicted octanol–water partition coefficient (Wildman–Crippen LogP) is 13.9. The van der Waals surface area contributed by atoms with Crippen molar-refractivity contribution in [3.63, 3.8) is 0 Å². The number of fused-ring (bicyclic) bond motifs is 10. The maximum absolute atomic E-state index is 6.61. The summed E-state index contributed by atoms with van der Waals surface area (Å²) in [6, 6.07) is 63.8. The van der Waals surface area contributed by atoms with E-state index in [9.17, 15) is 0 Å². The summed E-state index contributed by atoms with van der Waals surface area (Å²) in [6.07, 6.45) is 3.43. The van der Waals surface area contributed by atoms with Crippen LogP contribution in [0, 0.1) is 12.1 Å². The van der Waals surface area contributed by atoms with Crippen molar-refractivity contribution in [1.82, 2.24) is 19.9 Å². The molecule has 0 fully saturated rings. The molecule has 4 aliphatic rings. The number of hydrogen-bond donors (Lipinski definition) is 0. The van der Waals surface area contributed by atoms with E-state index < -0.39 is 0 Å². The van der Waals surface area contributed by atoms with Crippen molar-refractivity contribution in [3.05, 3.63) is 206 Å². The summed E-state index contributed by atoms with van der Waals surface area (Å²) in [7, 11) is 0. The third-order valence-electron chi connectivity index (χ3n) is 15.2. The molecule has 8 heterocycles. The van der Waals surface area contributed by atoms with E-state index in [1.165, 1.54) is 4.70 Å². The number of para-hydroxylation sites is 2. The Bertz CT molecular complexity index is 4160. The van der Waals surface area contributed by atoms with Crippen LogP contribution in [-0.4, -0.2) is 33.4 Å². The van der Waals surface area contributed by atoms with Crippen LogP contribution < -0.4 is 61.2 Å². The first-order valence-corrected chi connectivity index (χ1v) is 28.8. The molecule has 0 N–H and O–H groups in total. The number of nitrogens with zero attached hydrogens (tertiary/aromatic N) is 4. The minimum Gasteiger partial charge on any atom is -0.518 e. The molecule has 0 radical (unpaired) electrons. The van der Waals surface area contributed by atoms with Gasteiger partial charge in [0.25, 0.3) is 6.71 Å². The maximum Gasteiger partial charge on any atom is 2.00 e. The fourth-order valence-electron chi connectivity index (χ4n) is 11.1. The zero-order valence-electron chi connectivity index (χ0n) is 45.8. The van der Waals surface area contributed by atoms with Gasteiger partial charge in [-0.05, 0) is 124 Å². The van der Waals surface area contributed by atoms with Gasteiger partial charge in [-0.25, -0.2) is 15.0 Å². The van der Waals surface area contributed by atoms with Crippen LogP contribution in [0.25, 0.3) is 41.6 Å². The van der Waals surface area contributed by atoms with Crippen LogP contribution >= 0.6 is 22.7 Å². The van der Waals surface area contributed by atoms with Crippen molar-refractivity contribution in [2.24, 2.45) is 0 Å². The third-order valence-corrected chi connectivity index (χ3v) is 17.4. The Balaban J connectivity index is 0.000000146. The molecule has 15 heteroatoms. The van der Waals surface area contributed by atoms with Crippen LogP contribution in [0.4, 0.5) is 0 Å². The number of benzene rings is 8. The fourth-order valence-corrected chi connectivity index (χ4v) is 13.0. The first-order valence-electron chi connectivity index (χ1n) is 27.2. The third kappa shape index (κ3) is 9.62. The van der Waals surface area contributed by atoms with Crippen molar-refractivity contribution in [2.75, 3.05) is 0 Å². The zero-order chi connectivity index (χ0) is 55.4. The Labute approximate surface area is 503 Å². The molecule has 0 amide bonds. The number of thiazole rings is 2. The van der Waals surface area contributed by atoms with Gasteiger partial charge in [0.05, 0.1) is 15.7 Å². The summed E-state index contributed by atoms with van der Waals surface area (Å²) in [5.41, 5.74) is 12.1. The van der Waals surface area contributed by atoms with Crippen molar-refractivity contribution in [2.45, 2.75) is 52.4 Å². The number of hydrogen-bond acceptors (Lipinski definition) is 12. The Kier molecular flexibility index (Phi) is 12.9. The molecular formula is C68H48B2N4O6PtS2. The van der Waals surface area contributed by atoms with E-state index in [-0.39, 0.29) is 45.3 Å². The van der Waals surface area contributed by atoms with Crippen molar-refractivity contribution in [3.8, 4) is 90.4 Å². The topological polar surface area (TPSA) is 107 Å². The number of ether oxygens (including phenoxy) is 6. The molecule has 4 aromatic heterocycles. The fraction of sp³-hybridized carbons (Fsp3) is 0.118. The summed E-state index contributed by atoms with van der Waals surface area (Å²) in [5.74, 6) is 8.73. The van der Waals surface area contributed by atoms with Crippen LogP contribution in [0.2, 0.25) is 0 Å². The van der Waals surface area contributed by atoms with Gasteiger partial charge in [-0.3, -0.25) is 4.98 Å². The zero-order valence-corrected chi connectivity index (χ0v) is 49.8. The van der Waals surface area contributed by atoms with Gasteiger partial charge in [0.2, 0.25) is 18.5 Å². The molecule has 10 nitrogen and oxygen atoms in total. The van der Waals surface area contributed by atoms with Gasteiger partial charge in [-0.2, -0.15) is 11.3 Å². The molecule has 0 aliphatic carbocycles. The van der Waals surface area contributed by atoms with E-state index >= 15 is 0 Å². The largest absolute Gasteiger partial charge is 2.00 e. The molecular weight excluding hydrogens is 1250 g/mol. The maximum atomic E-state index is 6.61. The van der Waals surface area contributed by atoms with Gasteiger partial charge in [0.1, 0.15) is 45.3 Å². The Morgan fingerprint density at radius 3 is 1.53 bits per heavy atom. The van der Waals surface area contributed by atoms with Crippen LogP contribution in [0.1, 0.15) is 52.7 Å². The van der Waals surface area contributed by atoms with Gasteiger partial charge in [0.15, 0.2) is 0 Å². The van der Waals surface area contributed by atoms with E-state index in [1.54, 1.807) is 35.1 Å². The number of rotatable bonds is 6. The first kappa shape index (κ1) is 52.5. The average molecular weight is 1300 g/mol. The van der Waals surface area contributed by atoms with Crippen molar-refractivity contribution in [1.29, 1.82) is 0 Å². The molecule has 0 unspecified atom stereocenters. The Hall–Kier alpha value is -8.54. The van der Waals surface area contributed by atoms with Gasteiger partial charge in [0, 0.05) is 68.0 Å². The van der Waals surface area contributed by atoms with E-state index in [2.05, 4.69) is 136 Å². The molecule has 404 valence electrons. The summed E-state index contributed by atoms with van der Waals surface area (Å²) >= 11 is 3.37. The van der Waals surface area contributed by atoms with Crippen LogP contribution in [0.5, 0.6) is 69.3 Å². The molecule has 0 atom stereocenters. The number of aromatic nitrogens is 4. The van der Waals surface area contributed by atoms with Gasteiger partial charge in [-0.1, -0.05) is 84.0 Å². The second kappa shape index (κ2) is 20.4. The standard InChI is InChI=1S/C34H25BN2O3S.C34H23BN2O3S.Pt/c2*1-34(2,3)21-17-28-32-29(18-21)40-27-14-12-22(38-31-10-6-7-15-36-31)19-24(27)35(32)23-16-20(11-13-26(23)39-28)33-37-25-8-4-5-9-30(25)41-33;/h4-19H,1-3H3;4-15,17-18H,1-3H3;/q;-2;+2. The van der Waals surface area contributed by atoms with Crippen LogP contribution in [0.15, 0.2) is 182 Å². The van der Waals surface area contributed by atoms with Crippen molar-refractivity contribution >= 4 is 89.3 Å². The second-order valence-electron chi connectivity index (χ2n) is 22.8. The minimum absolute atomic E-state index is 0. The molecule has 8 aromatic carbocycles. The molecule has 0 saturated carbocycles. The SMILES string of the molecule is CC(C)(C)c1cc2c3c(c1)Oc1ccc(-c4nc5ccccc5s4)[c-]c1B3c1[c-]c(Oc3ccccn3)ccc1O2.CC(C)(C)c1cc2c3c(c1)Oc1ccc(-c4nc5ccccc5s4)cc1B3c1cc(Oc3ccccn3)ccc1O2.[Pt+2]. The second-order valence-corrected chi connectivity index (χ2v) is 24.8. The summed E-state index contributed by atoms with van der Waals surface area (Å²) in [4.78, 5) is 18.5. The van der Waals surface area contributed by atoms with Gasteiger partial charge in [-0.15, -0.1) is 64.2 Å². The molecule has 4 aliphatic heterocycles. The van der Waals surface area contributed by atoms with Crippen LogP contribution in [0.3, 0.4) is 0 Å². The quantitative estimate of drug-likeness (QED) is 0.118. The van der Waals surface area contributed by atoms with E-state index in [0.717, 1.165) is 127 Å². The monoisotopic (exact) mass is 1300 g/mol. The van der Waals surface area contributed by atoms with Gasteiger partial charge >= 0.3 is 21.1 Å². The Morgan fingerprint density at radius 2 is 0.940 bits per heavy atom. The smallest absolute Gasteiger partial charge is 0.518 e. The summed E-state index contributed by atoms with van der Waals surface area (Å²) in [5, 5.41) is 1.91. The predicted molar refractivity (Wildman–Crippen MR) is 329 cm³/mol. The number of pyridine rings is 2. The minimum atomic E-state index is -0.205. The summed E-state index contributed by atoms with van der Waals surface area (Å²) in [6.45, 7) is 12.9. The van der Waals surface area contributed by atoms with Crippen LogP contribution in [-0.2, 0) is 31.9 Å². The van der Waals surface area contributed by atoms with E-state index in [1.807, 2.05) is 97.1 Å². The van der Waals surface area contributed by atoms with Crippen molar-refractivity contribution < 1.29 is 49.5 Å². The van der Waals surface area contributed by atoms with Gasteiger partial charge < -0.3 is 28.4 Å². The average Bonchev–Trinajstić information content (AvgIpc) is 4.32. The van der Waals surface area contributed by atoms with E-state index in [0.29, 0.717) is 23.3 Å². The molecule has 83 heavy (non-hydrogen) atoms. The molecule has 0 saturated heterocycles. The molecule has 12 aromatic rings. The first-order chi connectivity index (χ1) is 39.8. The Morgan fingerprint density at radius 1 is 0.446 bits per heavy atom. The molecule has 0 spiro atoms. The molecule has 16 rings (SSSR count).